The number of halogens is 2. The molecule has 2 rings (SSSR count). The molecule has 0 spiro atoms. The minimum atomic E-state index is -0.515. The van der Waals surface area contributed by atoms with E-state index in [9.17, 15) is 8.78 Å². The Labute approximate surface area is 113 Å². The van der Waals surface area contributed by atoms with Gasteiger partial charge in [-0.15, -0.1) is 0 Å². The van der Waals surface area contributed by atoms with Gasteiger partial charge in [-0.2, -0.15) is 0 Å². The Morgan fingerprint density at radius 2 is 1.47 bits per heavy atom. The Balaban J connectivity index is 2.18. The lowest BCUT2D eigenvalue weighted by molar-refractivity contribution is 0.589. The fraction of sp³-hybridized carbons (Fsp3) is 0.294. The van der Waals surface area contributed by atoms with Gasteiger partial charge in [-0.1, -0.05) is 50.1 Å². The third-order valence-corrected chi connectivity index (χ3v) is 3.27. The van der Waals surface area contributed by atoms with Crippen molar-refractivity contribution in [3.05, 3.63) is 59.7 Å². The van der Waals surface area contributed by atoms with Gasteiger partial charge in [0.15, 0.2) is 0 Å². The molecule has 0 N–H and O–H groups in total. The van der Waals surface area contributed by atoms with Crippen molar-refractivity contribution in [3.8, 4) is 11.1 Å². The predicted molar refractivity (Wildman–Crippen MR) is 75.0 cm³/mol. The van der Waals surface area contributed by atoms with Crippen molar-refractivity contribution in [2.75, 3.05) is 0 Å². The Morgan fingerprint density at radius 3 is 2.05 bits per heavy atom. The van der Waals surface area contributed by atoms with Crippen LogP contribution >= 0.6 is 0 Å². The molecular formula is C17H18F2. The molecule has 0 aromatic heterocycles. The fourth-order valence-corrected chi connectivity index (χ4v) is 2.19. The van der Waals surface area contributed by atoms with Crippen molar-refractivity contribution in [1.29, 1.82) is 0 Å². The summed E-state index contributed by atoms with van der Waals surface area (Å²) in [7, 11) is 0. The summed E-state index contributed by atoms with van der Waals surface area (Å²) in [6.45, 7) is 2.17. The number of unbranched alkanes of at least 4 members (excludes halogenated alkanes) is 2. The van der Waals surface area contributed by atoms with E-state index in [1.165, 1.54) is 36.6 Å². The van der Waals surface area contributed by atoms with Crippen LogP contribution in [0.15, 0.2) is 42.5 Å². The van der Waals surface area contributed by atoms with E-state index in [-0.39, 0.29) is 5.56 Å². The fourth-order valence-electron chi connectivity index (χ4n) is 2.19. The molecule has 0 aliphatic rings. The van der Waals surface area contributed by atoms with Gasteiger partial charge in [-0.05, 0) is 36.1 Å². The average molecular weight is 260 g/mol. The minimum absolute atomic E-state index is 0.0580. The average Bonchev–Trinajstić information content (AvgIpc) is 2.40. The minimum Gasteiger partial charge on any atom is -0.206 e. The van der Waals surface area contributed by atoms with Crippen LogP contribution in [0.25, 0.3) is 11.1 Å². The van der Waals surface area contributed by atoms with Crippen molar-refractivity contribution < 1.29 is 8.78 Å². The standard InChI is InChI=1S/C17H18F2/c1-2-3-4-6-13-9-11-14(12-10-13)17-15(18)7-5-8-16(17)19/h5,7-12H,2-4,6H2,1H3. The predicted octanol–water partition coefficient (Wildman–Crippen LogP) is 5.36. The highest BCUT2D eigenvalue weighted by molar-refractivity contribution is 5.65. The van der Waals surface area contributed by atoms with E-state index in [1.807, 2.05) is 12.1 Å². The maximum atomic E-state index is 13.6. The summed E-state index contributed by atoms with van der Waals surface area (Å²) in [5.74, 6) is -1.03. The molecule has 2 aromatic rings. The zero-order valence-electron chi connectivity index (χ0n) is 11.1. The number of hydrogen-bond acceptors (Lipinski definition) is 0. The first kappa shape index (κ1) is 13.7. The van der Waals surface area contributed by atoms with E-state index in [0.29, 0.717) is 5.56 Å². The Morgan fingerprint density at radius 1 is 0.842 bits per heavy atom. The van der Waals surface area contributed by atoms with Crippen LogP contribution in [-0.2, 0) is 6.42 Å². The molecule has 0 amide bonds. The van der Waals surface area contributed by atoms with Gasteiger partial charge in [0.2, 0.25) is 0 Å². The lowest BCUT2D eigenvalue weighted by atomic mass is 10.0. The first-order valence-corrected chi connectivity index (χ1v) is 6.75. The third kappa shape index (κ3) is 3.40. The van der Waals surface area contributed by atoms with Gasteiger partial charge in [0.1, 0.15) is 11.6 Å². The first-order valence-electron chi connectivity index (χ1n) is 6.75. The lowest BCUT2D eigenvalue weighted by Gasteiger charge is -2.06. The molecule has 0 fully saturated rings. The van der Waals surface area contributed by atoms with Gasteiger partial charge in [0.05, 0.1) is 5.56 Å². The zero-order valence-corrected chi connectivity index (χ0v) is 11.1. The van der Waals surface area contributed by atoms with Gasteiger partial charge in [0, 0.05) is 0 Å². The third-order valence-electron chi connectivity index (χ3n) is 3.27. The Bertz CT molecular complexity index is 509. The Kier molecular flexibility index (Phi) is 4.67. The van der Waals surface area contributed by atoms with Crippen molar-refractivity contribution in [2.24, 2.45) is 0 Å². The highest BCUT2D eigenvalue weighted by atomic mass is 19.1. The molecule has 2 aromatic carbocycles. The molecule has 100 valence electrons. The molecule has 0 atom stereocenters. The highest BCUT2D eigenvalue weighted by Gasteiger charge is 2.10. The van der Waals surface area contributed by atoms with Gasteiger partial charge in [-0.3, -0.25) is 0 Å². The van der Waals surface area contributed by atoms with Crippen LogP contribution in [0.1, 0.15) is 31.7 Å². The number of rotatable bonds is 5. The summed E-state index contributed by atoms with van der Waals surface area (Å²) in [6, 6.07) is 11.5. The SMILES string of the molecule is CCCCCc1ccc(-c2c(F)cccc2F)cc1. The molecule has 0 heterocycles. The van der Waals surface area contributed by atoms with Crippen LogP contribution in [0.4, 0.5) is 8.78 Å². The Hall–Kier alpha value is -1.70. The van der Waals surface area contributed by atoms with Crippen molar-refractivity contribution in [3.63, 3.8) is 0 Å². The second-order valence-electron chi connectivity index (χ2n) is 4.75. The van der Waals surface area contributed by atoms with Gasteiger partial charge in [0.25, 0.3) is 0 Å². The molecule has 19 heavy (non-hydrogen) atoms. The van der Waals surface area contributed by atoms with E-state index < -0.39 is 11.6 Å². The molecule has 0 radical (unpaired) electrons. The largest absolute Gasteiger partial charge is 0.206 e. The molecule has 0 unspecified atom stereocenters. The quantitative estimate of drug-likeness (QED) is 0.634. The summed E-state index contributed by atoms with van der Waals surface area (Å²) in [5, 5.41) is 0. The topological polar surface area (TPSA) is 0 Å². The molecule has 2 heteroatoms. The summed E-state index contributed by atoms with van der Waals surface area (Å²) >= 11 is 0. The van der Waals surface area contributed by atoms with Gasteiger partial charge in [-0.25, -0.2) is 8.78 Å². The summed E-state index contributed by atoms with van der Waals surface area (Å²) in [4.78, 5) is 0. The summed E-state index contributed by atoms with van der Waals surface area (Å²) in [6.07, 6.45) is 4.58. The highest BCUT2D eigenvalue weighted by Crippen LogP contribution is 2.26. The molecule has 0 saturated heterocycles. The van der Waals surface area contributed by atoms with E-state index in [0.717, 1.165) is 12.8 Å². The maximum absolute atomic E-state index is 13.6. The van der Waals surface area contributed by atoms with Crippen LogP contribution in [0.5, 0.6) is 0 Å². The van der Waals surface area contributed by atoms with Crippen molar-refractivity contribution >= 4 is 0 Å². The zero-order chi connectivity index (χ0) is 13.7. The number of hydrogen-bond donors (Lipinski definition) is 0. The smallest absolute Gasteiger partial charge is 0.133 e. The summed E-state index contributed by atoms with van der Waals surface area (Å²) in [5.41, 5.74) is 1.87. The van der Waals surface area contributed by atoms with E-state index in [2.05, 4.69) is 6.92 Å². The molecule has 0 bridgehead atoms. The molecular weight excluding hydrogens is 242 g/mol. The number of aryl methyl sites for hydroxylation is 1. The monoisotopic (exact) mass is 260 g/mol. The summed E-state index contributed by atoms with van der Waals surface area (Å²) < 4.78 is 27.3. The van der Waals surface area contributed by atoms with Crippen LogP contribution < -0.4 is 0 Å². The van der Waals surface area contributed by atoms with E-state index in [1.54, 1.807) is 12.1 Å². The van der Waals surface area contributed by atoms with Crippen molar-refractivity contribution in [2.45, 2.75) is 32.6 Å². The van der Waals surface area contributed by atoms with E-state index >= 15 is 0 Å². The number of benzene rings is 2. The molecule has 0 nitrogen and oxygen atoms in total. The molecule has 0 aliphatic heterocycles. The van der Waals surface area contributed by atoms with Gasteiger partial charge < -0.3 is 0 Å². The van der Waals surface area contributed by atoms with Crippen molar-refractivity contribution in [1.82, 2.24) is 0 Å². The molecule has 0 aliphatic carbocycles. The molecule has 0 saturated carbocycles. The normalized spacial score (nSPS) is 10.7. The second-order valence-corrected chi connectivity index (χ2v) is 4.75. The van der Waals surface area contributed by atoms with Crippen LogP contribution in [-0.4, -0.2) is 0 Å². The lowest BCUT2D eigenvalue weighted by Crippen LogP contribution is -1.91. The second kappa shape index (κ2) is 6.46. The first-order chi connectivity index (χ1) is 9.22. The van der Waals surface area contributed by atoms with Crippen LogP contribution in [0.3, 0.4) is 0 Å². The van der Waals surface area contributed by atoms with E-state index in [4.69, 9.17) is 0 Å². The maximum Gasteiger partial charge on any atom is 0.133 e. The van der Waals surface area contributed by atoms with Crippen LogP contribution in [0.2, 0.25) is 0 Å². The van der Waals surface area contributed by atoms with Crippen LogP contribution in [0, 0.1) is 11.6 Å². The van der Waals surface area contributed by atoms with Gasteiger partial charge >= 0.3 is 0 Å².